The van der Waals surface area contributed by atoms with E-state index in [9.17, 15) is 13.2 Å². The van der Waals surface area contributed by atoms with E-state index >= 15 is 0 Å². The summed E-state index contributed by atoms with van der Waals surface area (Å²) >= 11 is 0. The fraction of sp³-hybridized carbons (Fsp3) is 0.400. The van der Waals surface area contributed by atoms with Crippen LogP contribution >= 0.6 is 0 Å². The average molecular weight is 592 g/mol. The fourth-order valence-electron chi connectivity index (χ4n) is 5.21. The van der Waals surface area contributed by atoms with E-state index in [-0.39, 0.29) is 11.6 Å². The summed E-state index contributed by atoms with van der Waals surface area (Å²) in [5, 5.41) is 5.75. The van der Waals surface area contributed by atoms with Crippen LogP contribution in [0.3, 0.4) is 0 Å². The lowest BCUT2D eigenvalue weighted by Crippen LogP contribution is -2.37. The zero-order chi connectivity index (χ0) is 30.2. The maximum absolute atomic E-state index is 13.1. The van der Waals surface area contributed by atoms with Gasteiger partial charge in [-0.25, -0.2) is 27.8 Å². The molecule has 0 bridgehead atoms. The van der Waals surface area contributed by atoms with Gasteiger partial charge in [-0.05, 0) is 60.7 Å². The van der Waals surface area contributed by atoms with Crippen molar-refractivity contribution in [3.05, 3.63) is 60.0 Å². The predicted octanol–water partition coefficient (Wildman–Crippen LogP) is 3.98. The number of ether oxygens (including phenoxy) is 1. The molecule has 12 heteroatoms. The highest BCUT2D eigenvalue weighted by molar-refractivity contribution is 7.89. The van der Waals surface area contributed by atoms with Gasteiger partial charge in [-0.15, -0.1) is 0 Å². The van der Waals surface area contributed by atoms with Gasteiger partial charge in [-0.2, -0.15) is 5.10 Å². The standard InChI is InChI=1S/C30H37N7O4S/c1-19(2)28-27-24(20-10-11-26(31-18-20)36(5)21-12-14-41-15-13-21)17-25(30(38)34-42(6,39)40)32-29(27)37(33-28)23-9-7-8-22(16-23)35(3)4/h7-11,16-19,21H,12-15H2,1-6H3,(H,34,38). The number of aromatic nitrogens is 4. The maximum Gasteiger partial charge on any atom is 0.283 e. The average Bonchev–Trinajstić information content (AvgIpc) is 3.36. The second-order valence-corrected chi connectivity index (χ2v) is 12.9. The molecule has 1 fully saturated rings. The number of sulfonamides is 1. The van der Waals surface area contributed by atoms with Crippen molar-refractivity contribution in [2.75, 3.05) is 50.4 Å². The Morgan fingerprint density at radius 1 is 1.10 bits per heavy atom. The molecule has 4 aromatic rings. The smallest absolute Gasteiger partial charge is 0.283 e. The predicted molar refractivity (Wildman–Crippen MR) is 165 cm³/mol. The van der Waals surface area contributed by atoms with Crippen molar-refractivity contribution >= 4 is 38.5 Å². The molecule has 11 nitrogen and oxygen atoms in total. The molecule has 1 amide bonds. The van der Waals surface area contributed by atoms with Crippen LogP contribution in [0.2, 0.25) is 0 Å². The van der Waals surface area contributed by atoms with Gasteiger partial charge in [0.25, 0.3) is 5.91 Å². The molecule has 0 aliphatic carbocycles. The summed E-state index contributed by atoms with van der Waals surface area (Å²) < 4.78 is 33.2. The van der Waals surface area contributed by atoms with Crippen LogP contribution in [0.5, 0.6) is 0 Å². The Morgan fingerprint density at radius 3 is 2.45 bits per heavy atom. The number of hydrogen-bond acceptors (Lipinski definition) is 9. The Labute approximate surface area is 246 Å². The van der Waals surface area contributed by atoms with Crippen LogP contribution in [0.4, 0.5) is 11.5 Å². The number of benzene rings is 1. The normalized spacial score (nSPS) is 14.4. The summed E-state index contributed by atoms with van der Waals surface area (Å²) in [6.07, 6.45) is 4.60. The summed E-state index contributed by atoms with van der Waals surface area (Å²) in [6, 6.07) is 13.8. The molecule has 1 N–H and O–H groups in total. The van der Waals surface area contributed by atoms with Gasteiger partial charge in [0.2, 0.25) is 10.0 Å². The van der Waals surface area contributed by atoms with E-state index in [0.717, 1.165) is 66.1 Å². The van der Waals surface area contributed by atoms with Crippen LogP contribution in [0.25, 0.3) is 27.8 Å². The molecule has 4 heterocycles. The van der Waals surface area contributed by atoms with Crippen LogP contribution in [0.1, 0.15) is 48.8 Å². The van der Waals surface area contributed by atoms with Crippen LogP contribution in [-0.4, -0.2) is 80.7 Å². The Kier molecular flexibility index (Phi) is 8.20. The van der Waals surface area contributed by atoms with E-state index in [1.807, 2.05) is 62.4 Å². The van der Waals surface area contributed by atoms with Crippen molar-refractivity contribution in [3.63, 3.8) is 0 Å². The van der Waals surface area contributed by atoms with Gasteiger partial charge in [0.05, 0.1) is 23.0 Å². The molecule has 42 heavy (non-hydrogen) atoms. The first kappa shape index (κ1) is 29.5. The number of carbonyl (C=O) groups excluding carboxylic acids is 1. The quantitative estimate of drug-likeness (QED) is 0.324. The van der Waals surface area contributed by atoms with E-state index in [1.54, 1.807) is 16.9 Å². The van der Waals surface area contributed by atoms with E-state index in [2.05, 4.69) is 28.5 Å². The lowest BCUT2D eigenvalue weighted by Gasteiger charge is -2.32. The molecule has 1 saturated heterocycles. The molecule has 0 radical (unpaired) electrons. The molecule has 1 aliphatic heterocycles. The number of carbonyl (C=O) groups is 1. The number of nitrogens with zero attached hydrogens (tertiary/aromatic N) is 6. The van der Waals surface area contributed by atoms with Crippen molar-refractivity contribution in [1.82, 2.24) is 24.5 Å². The lowest BCUT2D eigenvalue weighted by molar-refractivity contribution is 0.0853. The Hall–Kier alpha value is -4.03. The van der Waals surface area contributed by atoms with Gasteiger partial charge in [0, 0.05) is 57.8 Å². The van der Waals surface area contributed by atoms with Gasteiger partial charge in [0.1, 0.15) is 11.5 Å². The van der Waals surface area contributed by atoms with Gasteiger partial charge < -0.3 is 14.5 Å². The van der Waals surface area contributed by atoms with Gasteiger partial charge >= 0.3 is 0 Å². The summed E-state index contributed by atoms with van der Waals surface area (Å²) in [5.74, 6) is 0.0607. The highest BCUT2D eigenvalue weighted by Gasteiger charge is 2.25. The van der Waals surface area contributed by atoms with E-state index in [1.165, 1.54) is 0 Å². The molecule has 0 spiro atoms. The number of amides is 1. The Morgan fingerprint density at radius 2 is 1.83 bits per heavy atom. The molecule has 3 aromatic heterocycles. The van der Waals surface area contributed by atoms with Crippen molar-refractivity contribution in [3.8, 4) is 16.8 Å². The zero-order valence-electron chi connectivity index (χ0n) is 24.8. The summed E-state index contributed by atoms with van der Waals surface area (Å²) in [7, 11) is 2.15. The summed E-state index contributed by atoms with van der Waals surface area (Å²) in [5.41, 5.74) is 4.43. The Balaban J connectivity index is 1.70. The van der Waals surface area contributed by atoms with Crippen LogP contribution < -0.4 is 14.5 Å². The van der Waals surface area contributed by atoms with Crippen LogP contribution in [0.15, 0.2) is 48.7 Å². The summed E-state index contributed by atoms with van der Waals surface area (Å²) in [6.45, 7) is 5.58. The highest BCUT2D eigenvalue weighted by atomic mass is 32.2. The number of anilines is 2. The third-order valence-corrected chi connectivity index (χ3v) is 8.03. The van der Waals surface area contributed by atoms with E-state index in [0.29, 0.717) is 17.3 Å². The first-order valence-electron chi connectivity index (χ1n) is 13.9. The van der Waals surface area contributed by atoms with Crippen LogP contribution in [-0.2, 0) is 14.8 Å². The maximum atomic E-state index is 13.1. The van der Waals surface area contributed by atoms with Crippen molar-refractivity contribution in [2.24, 2.45) is 0 Å². The van der Waals surface area contributed by atoms with Gasteiger partial charge in [-0.3, -0.25) is 4.79 Å². The highest BCUT2D eigenvalue weighted by Crippen LogP contribution is 2.36. The molecule has 0 atom stereocenters. The lowest BCUT2D eigenvalue weighted by atomic mass is 9.98. The zero-order valence-corrected chi connectivity index (χ0v) is 25.6. The van der Waals surface area contributed by atoms with Gasteiger partial charge in [0.15, 0.2) is 5.65 Å². The van der Waals surface area contributed by atoms with E-state index < -0.39 is 15.9 Å². The number of rotatable bonds is 8. The number of hydrogen-bond donors (Lipinski definition) is 1. The molecule has 1 aromatic carbocycles. The molecule has 0 unspecified atom stereocenters. The molecular weight excluding hydrogens is 554 g/mol. The minimum atomic E-state index is -3.81. The minimum Gasteiger partial charge on any atom is -0.381 e. The van der Waals surface area contributed by atoms with Crippen molar-refractivity contribution in [1.29, 1.82) is 0 Å². The van der Waals surface area contributed by atoms with Crippen molar-refractivity contribution in [2.45, 2.75) is 38.6 Å². The molecular formula is C30H37N7O4S. The molecule has 5 rings (SSSR count). The monoisotopic (exact) mass is 591 g/mol. The van der Waals surface area contributed by atoms with Gasteiger partial charge in [-0.1, -0.05) is 19.9 Å². The Bertz CT molecular complexity index is 1710. The SMILES string of the molecule is CC(C)c1nn(-c2cccc(N(C)C)c2)c2nc(C(=O)NS(C)(=O)=O)cc(-c3ccc(N(C)C4CCOCC4)nc3)c12. The minimum absolute atomic E-state index is 0.0356. The third kappa shape index (κ3) is 6.09. The van der Waals surface area contributed by atoms with Crippen LogP contribution in [0, 0.1) is 0 Å². The topological polar surface area (TPSA) is 123 Å². The molecule has 1 aliphatic rings. The first-order chi connectivity index (χ1) is 19.9. The second kappa shape index (κ2) is 11.7. The second-order valence-electron chi connectivity index (χ2n) is 11.2. The molecule has 222 valence electrons. The largest absolute Gasteiger partial charge is 0.381 e. The number of nitrogens with one attached hydrogen (secondary N) is 1. The number of fused-ring (bicyclic) bond motifs is 1. The third-order valence-electron chi connectivity index (χ3n) is 7.47. The first-order valence-corrected chi connectivity index (χ1v) is 15.8. The fourth-order valence-corrected chi connectivity index (χ4v) is 5.65. The van der Waals surface area contributed by atoms with E-state index in [4.69, 9.17) is 14.8 Å². The number of pyridine rings is 2. The van der Waals surface area contributed by atoms with Crippen molar-refractivity contribution < 1.29 is 17.9 Å². The molecule has 0 saturated carbocycles. The summed E-state index contributed by atoms with van der Waals surface area (Å²) in [4.78, 5) is 26.7.